The van der Waals surface area contributed by atoms with Crippen molar-refractivity contribution in [2.75, 3.05) is 13.2 Å². The Morgan fingerprint density at radius 2 is 2.17 bits per heavy atom. The van der Waals surface area contributed by atoms with Crippen LogP contribution in [0.25, 0.3) is 0 Å². The summed E-state index contributed by atoms with van der Waals surface area (Å²) in [5, 5.41) is 5.66. The fourth-order valence-electron chi connectivity index (χ4n) is 2.47. The first-order valence-corrected chi connectivity index (χ1v) is 8.09. The van der Waals surface area contributed by atoms with E-state index in [0.717, 1.165) is 26.1 Å². The summed E-state index contributed by atoms with van der Waals surface area (Å²) in [5.74, 6) is 0. The van der Waals surface area contributed by atoms with Gasteiger partial charge in [-0.2, -0.15) is 0 Å². The Morgan fingerprint density at radius 3 is 2.89 bits per heavy atom. The molecule has 0 amide bonds. The SMILES string of the molecule is Cc1ccsc1CNCCCOC1CCCCC1. The molecule has 0 unspecified atom stereocenters. The van der Waals surface area contributed by atoms with Crippen molar-refractivity contribution in [3.05, 3.63) is 21.9 Å². The maximum atomic E-state index is 5.91. The van der Waals surface area contributed by atoms with Gasteiger partial charge in [0, 0.05) is 18.0 Å². The molecule has 0 aliphatic heterocycles. The molecule has 1 aliphatic carbocycles. The second-order valence-corrected chi connectivity index (χ2v) is 6.19. The lowest BCUT2D eigenvalue weighted by atomic mass is 9.98. The number of ether oxygens (including phenoxy) is 1. The minimum absolute atomic E-state index is 0.554. The van der Waals surface area contributed by atoms with E-state index < -0.39 is 0 Å². The molecular formula is C15H25NOS. The van der Waals surface area contributed by atoms with Gasteiger partial charge >= 0.3 is 0 Å². The lowest BCUT2D eigenvalue weighted by Crippen LogP contribution is -2.20. The highest BCUT2D eigenvalue weighted by Crippen LogP contribution is 2.20. The molecule has 1 heterocycles. The third-order valence-corrected chi connectivity index (χ3v) is 4.68. The van der Waals surface area contributed by atoms with Gasteiger partial charge < -0.3 is 10.1 Å². The molecule has 1 fully saturated rings. The van der Waals surface area contributed by atoms with Crippen molar-refractivity contribution in [3.8, 4) is 0 Å². The topological polar surface area (TPSA) is 21.3 Å². The molecule has 2 nitrogen and oxygen atoms in total. The van der Waals surface area contributed by atoms with Gasteiger partial charge in [-0.3, -0.25) is 0 Å². The van der Waals surface area contributed by atoms with Crippen molar-refractivity contribution in [1.82, 2.24) is 5.32 Å². The molecule has 0 bridgehead atoms. The lowest BCUT2D eigenvalue weighted by molar-refractivity contribution is 0.0273. The predicted molar refractivity (Wildman–Crippen MR) is 78.2 cm³/mol. The minimum Gasteiger partial charge on any atom is -0.378 e. The van der Waals surface area contributed by atoms with E-state index in [9.17, 15) is 0 Å². The van der Waals surface area contributed by atoms with Crippen LogP contribution in [0.1, 0.15) is 49.0 Å². The monoisotopic (exact) mass is 267 g/mol. The summed E-state index contributed by atoms with van der Waals surface area (Å²) in [6, 6.07) is 2.19. The zero-order valence-corrected chi connectivity index (χ0v) is 12.2. The third kappa shape index (κ3) is 4.71. The van der Waals surface area contributed by atoms with Crippen molar-refractivity contribution in [1.29, 1.82) is 0 Å². The second kappa shape index (κ2) is 7.93. The smallest absolute Gasteiger partial charge is 0.0575 e. The summed E-state index contributed by atoms with van der Waals surface area (Å²) in [6.45, 7) is 5.16. The van der Waals surface area contributed by atoms with E-state index in [0.29, 0.717) is 6.10 Å². The normalized spacial score (nSPS) is 17.2. The molecule has 0 spiro atoms. The van der Waals surface area contributed by atoms with E-state index >= 15 is 0 Å². The summed E-state index contributed by atoms with van der Waals surface area (Å²) in [7, 11) is 0. The molecule has 0 saturated heterocycles. The molecule has 1 aromatic rings. The quantitative estimate of drug-likeness (QED) is 0.757. The van der Waals surface area contributed by atoms with Crippen LogP contribution in [0.15, 0.2) is 11.4 Å². The molecule has 0 aromatic carbocycles. The van der Waals surface area contributed by atoms with E-state index in [4.69, 9.17) is 4.74 Å². The molecule has 18 heavy (non-hydrogen) atoms. The van der Waals surface area contributed by atoms with Crippen LogP contribution < -0.4 is 5.32 Å². The molecule has 2 rings (SSSR count). The highest BCUT2D eigenvalue weighted by atomic mass is 32.1. The van der Waals surface area contributed by atoms with Crippen LogP contribution in [-0.2, 0) is 11.3 Å². The molecule has 1 N–H and O–H groups in total. The number of hydrogen-bond acceptors (Lipinski definition) is 3. The van der Waals surface area contributed by atoms with E-state index in [1.54, 1.807) is 0 Å². The number of aryl methyl sites for hydroxylation is 1. The average Bonchev–Trinajstić information content (AvgIpc) is 2.81. The number of rotatable bonds is 7. The molecular weight excluding hydrogens is 242 g/mol. The van der Waals surface area contributed by atoms with Crippen LogP contribution >= 0.6 is 11.3 Å². The average molecular weight is 267 g/mol. The van der Waals surface area contributed by atoms with Gasteiger partial charge in [-0.1, -0.05) is 19.3 Å². The highest BCUT2D eigenvalue weighted by Gasteiger charge is 2.12. The summed E-state index contributed by atoms with van der Waals surface area (Å²) in [6.07, 6.45) is 8.37. The Morgan fingerprint density at radius 1 is 1.33 bits per heavy atom. The molecule has 0 atom stereocenters. The summed E-state index contributed by atoms with van der Waals surface area (Å²) >= 11 is 1.84. The van der Waals surface area contributed by atoms with Crippen molar-refractivity contribution in [2.45, 2.75) is 58.1 Å². The van der Waals surface area contributed by atoms with Gasteiger partial charge in [0.15, 0.2) is 0 Å². The zero-order valence-electron chi connectivity index (χ0n) is 11.4. The largest absolute Gasteiger partial charge is 0.378 e. The van der Waals surface area contributed by atoms with Crippen LogP contribution in [0.2, 0.25) is 0 Å². The maximum Gasteiger partial charge on any atom is 0.0575 e. The summed E-state index contributed by atoms with van der Waals surface area (Å²) in [4.78, 5) is 1.46. The van der Waals surface area contributed by atoms with Crippen LogP contribution in [0.5, 0.6) is 0 Å². The van der Waals surface area contributed by atoms with Gasteiger partial charge in [0.05, 0.1) is 6.10 Å². The molecule has 1 aliphatic rings. The zero-order chi connectivity index (χ0) is 12.6. The fourth-order valence-corrected chi connectivity index (χ4v) is 3.34. The fraction of sp³-hybridized carbons (Fsp3) is 0.733. The first kappa shape index (κ1) is 14.0. The van der Waals surface area contributed by atoms with Crippen LogP contribution in [-0.4, -0.2) is 19.3 Å². The van der Waals surface area contributed by atoms with Crippen LogP contribution in [0, 0.1) is 6.92 Å². The summed E-state index contributed by atoms with van der Waals surface area (Å²) in [5.41, 5.74) is 1.41. The number of nitrogens with one attached hydrogen (secondary N) is 1. The Labute approximate surface area is 115 Å². The van der Waals surface area contributed by atoms with Crippen molar-refractivity contribution in [3.63, 3.8) is 0 Å². The van der Waals surface area contributed by atoms with Gasteiger partial charge in [0.1, 0.15) is 0 Å². The Hall–Kier alpha value is -0.380. The minimum atomic E-state index is 0.554. The van der Waals surface area contributed by atoms with E-state index in [2.05, 4.69) is 23.7 Å². The van der Waals surface area contributed by atoms with Crippen LogP contribution in [0.3, 0.4) is 0 Å². The molecule has 102 valence electrons. The number of thiophene rings is 1. The Balaban J connectivity index is 1.47. The Kier molecular flexibility index (Phi) is 6.18. The molecule has 3 heteroatoms. The van der Waals surface area contributed by atoms with Gasteiger partial charge in [-0.25, -0.2) is 0 Å². The summed E-state index contributed by atoms with van der Waals surface area (Å²) < 4.78 is 5.91. The van der Waals surface area contributed by atoms with Gasteiger partial charge in [0.25, 0.3) is 0 Å². The molecule has 1 saturated carbocycles. The van der Waals surface area contributed by atoms with Crippen molar-refractivity contribution >= 4 is 11.3 Å². The van der Waals surface area contributed by atoms with E-state index in [-0.39, 0.29) is 0 Å². The Bertz CT molecular complexity index is 331. The van der Waals surface area contributed by atoms with E-state index in [1.807, 2.05) is 11.3 Å². The highest BCUT2D eigenvalue weighted by molar-refractivity contribution is 7.10. The molecule has 0 radical (unpaired) electrons. The lowest BCUT2D eigenvalue weighted by Gasteiger charge is -2.21. The standard InChI is InChI=1S/C15H25NOS/c1-13-8-11-18-15(13)12-16-9-5-10-17-14-6-3-2-4-7-14/h8,11,14,16H,2-7,9-10,12H2,1H3. The van der Waals surface area contributed by atoms with Crippen LogP contribution in [0.4, 0.5) is 0 Å². The van der Waals surface area contributed by atoms with Gasteiger partial charge in [0.2, 0.25) is 0 Å². The van der Waals surface area contributed by atoms with Gasteiger partial charge in [-0.05, 0) is 49.7 Å². The first-order valence-electron chi connectivity index (χ1n) is 7.21. The van der Waals surface area contributed by atoms with Crippen molar-refractivity contribution < 1.29 is 4.74 Å². The van der Waals surface area contributed by atoms with Crippen molar-refractivity contribution in [2.24, 2.45) is 0 Å². The first-order chi connectivity index (χ1) is 8.86. The van der Waals surface area contributed by atoms with Gasteiger partial charge in [-0.15, -0.1) is 11.3 Å². The molecule has 1 aromatic heterocycles. The third-order valence-electron chi connectivity index (χ3n) is 3.66. The maximum absolute atomic E-state index is 5.91. The van der Waals surface area contributed by atoms with E-state index in [1.165, 1.54) is 42.5 Å². The predicted octanol–water partition coefficient (Wildman–Crippen LogP) is 3.89. The second-order valence-electron chi connectivity index (χ2n) is 5.19. The number of hydrogen-bond donors (Lipinski definition) is 1.